The molecule has 158 valence electrons. The second-order valence-corrected chi connectivity index (χ2v) is 9.37. The Morgan fingerprint density at radius 3 is 2.77 bits per heavy atom. The quantitative estimate of drug-likeness (QED) is 0.543. The van der Waals surface area contributed by atoms with Gasteiger partial charge in [0.2, 0.25) is 0 Å². The molecule has 7 heteroatoms. The van der Waals surface area contributed by atoms with Crippen LogP contribution in [0.5, 0.6) is 0 Å². The molecule has 3 aromatic heterocycles. The molecule has 2 aliphatic rings. The molecule has 2 fully saturated rings. The van der Waals surface area contributed by atoms with E-state index in [4.69, 9.17) is 5.10 Å². The van der Waals surface area contributed by atoms with Gasteiger partial charge in [0.25, 0.3) is 5.56 Å². The highest BCUT2D eigenvalue weighted by molar-refractivity contribution is 5.88. The fourth-order valence-corrected chi connectivity index (χ4v) is 5.16. The normalized spacial score (nSPS) is 20.0. The maximum atomic E-state index is 13.4. The summed E-state index contributed by atoms with van der Waals surface area (Å²) in [7, 11) is 0. The van der Waals surface area contributed by atoms with Crippen molar-refractivity contribution in [3.63, 3.8) is 0 Å². The molecule has 1 atom stereocenters. The van der Waals surface area contributed by atoms with Crippen LogP contribution in [0.15, 0.2) is 35.4 Å². The Labute approximate surface area is 180 Å². The number of hydrogen-bond acceptors (Lipinski definition) is 5. The summed E-state index contributed by atoms with van der Waals surface area (Å²) < 4.78 is 3.57. The minimum atomic E-state index is 0.0223. The predicted octanol–water partition coefficient (Wildman–Crippen LogP) is 3.49. The molecule has 6 rings (SSSR count). The Balaban J connectivity index is 1.45. The summed E-state index contributed by atoms with van der Waals surface area (Å²) in [6.07, 6.45) is 8.15. The second-order valence-electron chi connectivity index (χ2n) is 9.37. The fraction of sp³-hybridized carbons (Fsp3) is 0.417. The summed E-state index contributed by atoms with van der Waals surface area (Å²) in [5.74, 6) is 0. The lowest BCUT2D eigenvalue weighted by molar-refractivity contribution is 0.264. The van der Waals surface area contributed by atoms with Crippen LogP contribution in [0.1, 0.15) is 48.5 Å². The highest BCUT2D eigenvalue weighted by Gasteiger charge is 2.46. The van der Waals surface area contributed by atoms with Crippen LogP contribution in [-0.2, 0) is 0 Å². The van der Waals surface area contributed by atoms with Gasteiger partial charge in [0.1, 0.15) is 0 Å². The van der Waals surface area contributed by atoms with Crippen LogP contribution < -0.4 is 10.9 Å². The summed E-state index contributed by atoms with van der Waals surface area (Å²) in [5.41, 5.74) is 5.98. The third kappa shape index (κ3) is 2.98. The number of imidazole rings is 1. The van der Waals surface area contributed by atoms with Crippen LogP contribution in [0, 0.1) is 20.8 Å². The lowest BCUT2D eigenvalue weighted by atomic mass is 9.97. The Kier molecular flexibility index (Phi) is 3.90. The molecular weight excluding hydrogens is 388 g/mol. The minimum absolute atomic E-state index is 0.0223. The number of rotatable bonds is 2. The number of fused-ring (bicyclic) bond motifs is 2. The Hall–Kier alpha value is -3.06. The van der Waals surface area contributed by atoms with Crippen molar-refractivity contribution < 1.29 is 0 Å². The zero-order chi connectivity index (χ0) is 21.3. The van der Waals surface area contributed by atoms with E-state index in [1.165, 1.54) is 12.8 Å². The number of benzene rings is 1. The van der Waals surface area contributed by atoms with Crippen LogP contribution in [-0.4, -0.2) is 36.5 Å². The SMILES string of the molecule is Cc1cn2nc(-c3cc(C)c4c(=O)n([C@H]5CCNC6(CC6)C5)ncc4c3)cc(C)c2n1. The molecule has 1 saturated carbocycles. The molecule has 0 bridgehead atoms. The molecule has 7 nitrogen and oxygen atoms in total. The van der Waals surface area contributed by atoms with Gasteiger partial charge in [-0.15, -0.1) is 0 Å². The van der Waals surface area contributed by atoms with Crippen molar-refractivity contribution >= 4 is 16.4 Å². The van der Waals surface area contributed by atoms with Crippen LogP contribution in [0.4, 0.5) is 0 Å². The molecule has 1 aliphatic carbocycles. The van der Waals surface area contributed by atoms with E-state index in [1.54, 1.807) is 4.68 Å². The van der Waals surface area contributed by atoms with Crippen molar-refractivity contribution in [3.05, 3.63) is 57.8 Å². The number of aryl methyl sites for hydroxylation is 3. The lowest BCUT2D eigenvalue weighted by Crippen LogP contribution is -2.43. The summed E-state index contributed by atoms with van der Waals surface area (Å²) >= 11 is 0. The monoisotopic (exact) mass is 414 g/mol. The van der Waals surface area contributed by atoms with Crippen molar-refractivity contribution in [1.82, 2.24) is 29.7 Å². The molecule has 0 amide bonds. The van der Waals surface area contributed by atoms with Crippen LogP contribution >= 0.6 is 0 Å². The van der Waals surface area contributed by atoms with Crippen LogP contribution in [0.2, 0.25) is 0 Å². The van der Waals surface area contributed by atoms with Gasteiger partial charge >= 0.3 is 0 Å². The number of aromatic nitrogens is 5. The molecule has 0 unspecified atom stereocenters. The topological polar surface area (TPSA) is 77.1 Å². The van der Waals surface area contributed by atoms with Gasteiger partial charge in [0.05, 0.1) is 35.2 Å². The summed E-state index contributed by atoms with van der Waals surface area (Å²) in [5, 5.41) is 14.6. The lowest BCUT2D eigenvalue weighted by Gasteiger charge is -2.31. The van der Waals surface area contributed by atoms with E-state index in [2.05, 4.69) is 27.5 Å². The molecular formula is C24H26N6O. The molecule has 1 saturated heterocycles. The summed E-state index contributed by atoms with van der Waals surface area (Å²) in [4.78, 5) is 17.9. The number of nitrogens with zero attached hydrogens (tertiary/aromatic N) is 5. The molecule has 1 aliphatic heterocycles. The molecule has 4 heterocycles. The van der Waals surface area contributed by atoms with Gasteiger partial charge in [-0.25, -0.2) is 14.2 Å². The average molecular weight is 415 g/mol. The van der Waals surface area contributed by atoms with Crippen LogP contribution in [0.25, 0.3) is 27.7 Å². The number of hydrogen-bond donors (Lipinski definition) is 1. The number of piperidine rings is 1. The Bertz CT molecular complexity index is 1410. The molecule has 0 radical (unpaired) electrons. The van der Waals surface area contributed by atoms with E-state index in [0.717, 1.165) is 63.9 Å². The Morgan fingerprint density at radius 2 is 1.97 bits per heavy atom. The highest BCUT2D eigenvalue weighted by Crippen LogP contribution is 2.45. The standard InChI is InChI=1S/C24H26N6O/c1-14-8-17(20-9-15(2)22-27-16(3)13-29(22)28-20)10-18-12-26-30(23(31)21(14)18)19-4-7-25-24(11-19)5-6-24/h8-10,12-13,19,25H,4-7,11H2,1-3H3/t19-/m0/s1. The summed E-state index contributed by atoms with van der Waals surface area (Å²) in [6.45, 7) is 6.98. The maximum Gasteiger partial charge on any atom is 0.275 e. The van der Waals surface area contributed by atoms with E-state index in [1.807, 2.05) is 43.7 Å². The van der Waals surface area contributed by atoms with E-state index >= 15 is 0 Å². The van der Waals surface area contributed by atoms with Gasteiger partial charge in [-0.2, -0.15) is 10.2 Å². The third-order valence-electron chi connectivity index (χ3n) is 6.94. The smallest absolute Gasteiger partial charge is 0.275 e. The second kappa shape index (κ2) is 6.47. The zero-order valence-corrected chi connectivity index (χ0v) is 18.1. The van der Waals surface area contributed by atoms with Crippen LogP contribution in [0.3, 0.4) is 0 Å². The first-order valence-electron chi connectivity index (χ1n) is 11.0. The van der Waals surface area contributed by atoms with Crippen molar-refractivity contribution in [3.8, 4) is 11.3 Å². The molecule has 1 aromatic carbocycles. The van der Waals surface area contributed by atoms with Gasteiger partial charge in [-0.3, -0.25) is 4.79 Å². The van der Waals surface area contributed by atoms with Gasteiger partial charge in [0, 0.05) is 16.5 Å². The van der Waals surface area contributed by atoms with Gasteiger partial charge in [-0.1, -0.05) is 0 Å². The van der Waals surface area contributed by atoms with Crippen molar-refractivity contribution in [2.24, 2.45) is 0 Å². The largest absolute Gasteiger partial charge is 0.311 e. The molecule has 31 heavy (non-hydrogen) atoms. The molecule has 4 aromatic rings. The zero-order valence-electron chi connectivity index (χ0n) is 18.1. The average Bonchev–Trinajstić information content (AvgIpc) is 3.35. The van der Waals surface area contributed by atoms with E-state index in [9.17, 15) is 4.79 Å². The van der Waals surface area contributed by atoms with Crippen molar-refractivity contribution in [2.75, 3.05) is 6.54 Å². The van der Waals surface area contributed by atoms with Crippen molar-refractivity contribution in [2.45, 2.75) is 58.0 Å². The highest BCUT2D eigenvalue weighted by atomic mass is 16.1. The molecule has 1 spiro atoms. The first kappa shape index (κ1) is 18.7. The number of nitrogens with one attached hydrogen (secondary N) is 1. The van der Waals surface area contributed by atoms with E-state index in [-0.39, 0.29) is 17.1 Å². The van der Waals surface area contributed by atoms with E-state index in [0.29, 0.717) is 0 Å². The minimum Gasteiger partial charge on any atom is -0.311 e. The fourth-order valence-electron chi connectivity index (χ4n) is 5.16. The van der Waals surface area contributed by atoms with E-state index < -0.39 is 0 Å². The van der Waals surface area contributed by atoms with Gasteiger partial charge in [0.15, 0.2) is 5.65 Å². The van der Waals surface area contributed by atoms with Crippen molar-refractivity contribution in [1.29, 1.82) is 0 Å². The van der Waals surface area contributed by atoms with Gasteiger partial charge in [-0.05, 0) is 82.3 Å². The first-order chi connectivity index (χ1) is 14.9. The first-order valence-corrected chi connectivity index (χ1v) is 11.0. The summed E-state index contributed by atoms with van der Waals surface area (Å²) in [6, 6.07) is 6.33. The van der Waals surface area contributed by atoms with Gasteiger partial charge < -0.3 is 5.32 Å². The third-order valence-corrected chi connectivity index (χ3v) is 6.94. The maximum absolute atomic E-state index is 13.4. The predicted molar refractivity (Wildman–Crippen MR) is 120 cm³/mol. The Morgan fingerprint density at radius 1 is 1.13 bits per heavy atom. The molecule has 1 N–H and O–H groups in total.